The molecule has 0 fully saturated rings. The molecule has 2 unspecified atom stereocenters. The summed E-state index contributed by atoms with van der Waals surface area (Å²) in [7, 11) is 0. The number of hydrogen-bond acceptors (Lipinski definition) is 4. The molecule has 0 spiro atoms. The summed E-state index contributed by atoms with van der Waals surface area (Å²) in [5.41, 5.74) is 0.853. The van der Waals surface area contributed by atoms with Crippen molar-refractivity contribution in [3.8, 4) is 5.75 Å². The number of phenols is 1. The predicted octanol–water partition coefficient (Wildman–Crippen LogP) is 5.27. The van der Waals surface area contributed by atoms with Crippen LogP contribution in [-0.2, 0) is 20.9 Å². The number of esters is 1. The summed E-state index contributed by atoms with van der Waals surface area (Å²) in [5, 5.41) is 22.9. The number of hydrogen-bond donors (Lipinski definition) is 2. The Morgan fingerprint density at radius 1 is 1.00 bits per heavy atom. The van der Waals surface area contributed by atoms with Gasteiger partial charge in [0.1, 0.15) is 12.4 Å². The molecule has 3 aromatic carbocycles. The smallest absolute Gasteiger partial charge is 0.308 e. The van der Waals surface area contributed by atoms with E-state index in [1.54, 1.807) is 19.1 Å². The van der Waals surface area contributed by atoms with Crippen LogP contribution in [0, 0.1) is 11.8 Å². The number of carbonyl (C=O) groups is 2. The lowest BCUT2D eigenvalue weighted by Crippen LogP contribution is -2.19. The summed E-state index contributed by atoms with van der Waals surface area (Å²) < 4.78 is 5.60. The van der Waals surface area contributed by atoms with Gasteiger partial charge in [0.2, 0.25) is 0 Å². The largest absolute Gasteiger partial charge is 0.508 e. The molecule has 0 amide bonds. The van der Waals surface area contributed by atoms with Crippen LogP contribution in [0.5, 0.6) is 5.75 Å². The molecular weight excluding hydrogens is 368 g/mol. The number of aromatic hydroxyl groups is 1. The van der Waals surface area contributed by atoms with Crippen LogP contribution >= 0.6 is 0 Å². The molecule has 0 radical (unpaired) electrons. The Bertz CT molecular complexity index is 1040. The minimum absolute atomic E-state index is 0.0978. The summed E-state index contributed by atoms with van der Waals surface area (Å²) in [5.74, 6) is -1.82. The maximum Gasteiger partial charge on any atom is 0.308 e. The first-order chi connectivity index (χ1) is 13.9. The summed E-state index contributed by atoms with van der Waals surface area (Å²) in [6.07, 6.45) is 1.47. The van der Waals surface area contributed by atoms with Crippen molar-refractivity contribution in [3.63, 3.8) is 0 Å². The van der Waals surface area contributed by atoms with Gasteiger partial charge in [-0.05, 0) is 59.0 Å². The Morgan fingerprint density at radius 2 is 1.72 bits per heavy atom. The zero-order valence-corrected chi connectivity index (χ0v) is 16.7. The van der Waals surface area contributed by atoms with Crippen molar-refractivity contribution < 1.29 is 24.5 Å². The minimum Gasteiger partial charge on any atom is -0.508 e. The third-order valence-corrected chi connectivity index (χ3v) is 5.51. The van der Waals surface area contributed by atoms with Crippen LogP contribution in [0.25, 0.3) is 21.5 Å². The van der Waals surface area contributed by atoms with E-state index in [1.165, 1.54) is 0 Å². The molecule has 5 nitrogen and oxygen atoms in total. The lowest BCUT2D eigenvalue weighted by Gasteiger charge is -2.16. The Labute approximate surface area is 169 Å². The first kappa shape index (κ1) is 20.6. The third-order valence-electron chi connectivity index (χ3n) is 5.51. The average Bonchev–Trinajstić information content (AvgIpc) is 2.71. The number of ether oxygens (including phenoxy) is 1. The van der Waals surface area contributed by atoms with E-state index in [9.17, 15) is 14.7 Å². The number of carboxylic acid groups (broad SMARTS) is 1. The second-order valence-corrected chi connectivity index (χ2v) is 7.51. The zero-order valence-electron chi connectivity index (χ0n) is 16.7. The van der Waals surface area contributed by atoms with Crippen LogP contribution in [0.2, 0.25) is 0 Å². The van der Waals surface area contributed by atoms with Gasteiger partial charge in [0, 0.05) is 5.56 Å². The molecule has 0 aliphatic heterocycles. The van der Waals surface area contributed by atoms with Gasteiger partial charge in [-0.3, -0.25) is 9.59 Å². The monoisotopic (exact) mass is 394 g/mol. The quantitative estimate of drug-likeness (QED) is 0.402. The predicted molar refractivity (Wildman–Crippen MR) is 113 cm³/mol. The number of fused-ring (bicyclic) bond motifs is 2. The highest BCUT2D eigenvalue weighted by Crippen LogP contribution is 2.31. The van der Waals surface area contributed by atoms with Gasteiger partial charge in [-0.1, -0.05) is 44.2 Å². The molecule has 2 N–H and O–H groups in total. The van der Waals surface area contributed by atoms with E-state index in [4.69, 9.17) is 9.84 Å². The number of carbonyl (C=O) groups excluding carboxylic acids is 1. The van der Waals surface area contributed by atoms with Crippen LogP contribution in [0.3, 0.4) is 0 Å². The molecular formula is C24H26O5. The zero-order chi connectivity index (χ0) is 21.0. The SMILES string of the molecule is CCC(CCC(C)C(=O)OCc1c2ccccc2cc2ccc(O)cc12)C(=O)O. The molecule has 3 rings (SSSR count). The van der Waals surface area contributed by atoms with Gasteiger partial charge in [0.05, 0.1) is 11.8 Å². The standard InChI is InChI=1S/C24H26O5/c1-3-16(23(26)27)9-8-15(2)24(28)29-14-22-20-7-5-4-6-17(20)12-18-10-11-19(25)13-21(18)22/h4-7,10-13,15-16,25H,3,8-9,14H2,1-2H3,(H,26,27). The van der Waals surface area contributed by atoms with E-state index in [0.29, 0.717) is 19.3 Å². The van der Waals surface area contributed by atoms with Crippen molar-refractivity contribution in [2.75, 3.05) is 0 Å². The number of carboxylic acids is 1. The molecule has 29 heavy (non-hydrogen) atoms. The molecule has 0 saturated carbocycles. The molecule has 3 aromatic rings. The Balaban J connectivity index is 1.79. The number of aliphatic carboxylic acids is 1. The highest BCUT2D eigenvalue weighted by molar-refractivity contribution is 6.02. The van der Waals surface area contributed by atoms with Crippen molar-refractivity contribution in [2.24, 2.45) is 11.8 Å². The highest BCUT2D eigenvalue weighted by atomic mass is 16.5. The van der Waals surface area contributed by atoms with Gasteiger partial charge >= 0.3 is 11.9 Å². The van der Waals surface area contributed by atoms with E-state index in [2.05, 4.69) is 6.07 Å². The number of benzene rings is 3. The van der Waals surface area contributed by atoms with Crippen molar-refractivity contribution in [3.05, 3.63) is 54.1 Å². The van der Waals surface area contributed by atoms with E-state index >= 15 is 0 Å². The van der Waals surface area contributed by atoms with E-state index in [1.807, 2.05) is 37.3 Å². The molecule has 0 aromatic heterocycles. The van der Waals surface area contributed by atoms with Gasteiger partial charge < -0.3 is 14.9 Å². The molecule has 2 atom stereocenters. The number of phenolic OH excluding ortho intramolecular Hbond substituents is 1. The molecule has 0 aliphatic rings. The van der Waals surface area contributed by atoms with Crippen LogP contribution in [-0.4, -0.2) is 22.2 Å². The maximum absolute atomic E-state index is 12.5. The van der Waals surface area contributed by atoms with Gasteiger partial charge in [-0.15, -0.1) is 0 Å². The summed E-state index contributed by atoms with van der Waals surface area (Å²) >= 11 is 0. The summed E-state index contributed by atoms with van der Waals surface area (Å²) in [6.45, 7) is 3.70. The first-order valence-electron chi connectivity index (χ1n) is 9.93. The third kappa shape index (κ3) is 4.67. The topological polar surface area (TPSA) is 83.8 Å². The Hall–Kier alpha value is -3.08. The van der Waals surface area contributed by atoms with Gasteiger partial charge in [-0.2, -0.15) is 0 Å². The second kappa shape index (κ2) is 8.95. The van der Waals surface area contributed by atoms with Crippen molar-refractivity contribution in [2.45, 2.75) is 39.7 Å². The normalized spacial score (nSPS) is 13.3. The fourth-order valence-corrected chi connectivity index (χ4v) is 3.65. The number of rotatable bonds is 8. The first-order valence-corrected chi connectivity index (χ1v) is 9.93. The molecule has 0 heterocycles. The molecule has 0 saturated heterocycles. The highest BCUT2D eigenvalue weighted by Gasteiger charge is 2.21. The van der Waals surface area contributed by atoms with Crippen molar-refractivity contribution in [1.29, 1.82) is 0 Å². The summed E-state index contributed by atoms with van der Waals surface area (Å²) in [6, 6.07) is 15.1. The second-order valence-electron chi connectivity index (χ2n) is 7.51. The fraction of sp³-hybridized carbons (Fsp3) is 0.333. The average molecular weight is 394 g/mol. The molecule has 152 valence electrons. The lowest BCUT2D eigenvalue weighted by molar-refractivity contribution is -0.150. The Kier molecular flexibility index (Phi) is 6.37. The van der Waals surface area contributed by atoms with Gasteiger partial charge in [0.25, 0.3) is 0 Å². The van der Waals surface area contributed by atoms with Crippen LogP contribution < -0.4 is 0 Å². The van der Waals surface area contributed by atoms with Crippen LogP contribution in [0.1, 0.15) is 38.7 Å². The lowest BCUT2D eigenvalue weighted by atomic mass is 9.95. The Morgan fingerprint density at radius 3 is 2.45 bits per heavy atom. The minimum atomic E-state index is -0.824. The van der Waals surface area contributed by atoms with Crippen LogP contribution in [0.15, 0.2) is 48.5 Å². The van der Waals surface area contributed by atoms with E-state index in [0.717, 1.165) is 27.1 Å². The molecule has 0 aliphatic carbocycles. The van der Waals surface area contributed by atoms with Gasteiger partial charge in [0.15, 0.2) is 0 Å². The fourth-order valence-electron chi connectivity index (χ4n) is 3.65. The molecule has 0 bridgehead atoms. The van der Waals surface area contributed by atoms with E-state index in [-0.39, 0.29) is 24.2 Å². The summed E-state index contributed by atoms with van der Waals surface area (Å²) in [4.78, 5) is 23.7. The van der Waals surface area contributed by atoms with E-state index < -0.39 is 11.9 Å². The van der Waals surface area contributed by atoms with Gasteiger partial charge in [-0.25, -0.2) is 0 Å². The van der Waals surface area contributed by atoms with Crippen LogP contribution in [0.4, 0.5) is 0 Å². The molecule has 5 heteroatoms. The maximum atomic E-state index is 12.5. The van der Waals surface area contributed by atoms with Crippen molar-refractivity contribution in [1.82, 2.24) is 0 Å². The van der Waals surface area contributed by atoms with Crippen molar-refractivity contribution >= 4 is 33.5 Å².